The number of benzene rings is 1. The Morgan fingerprint density at radius 3 is 2.82 bits per heavy atom. The molecule has 0 bridgehead atoms. The van der Waals surface area contributed by atoms with Crippen molar-refractivity contribution in [2.45, 2.75) is 38.5 Å². The fraction of sp³-hybridized carbons (Fsp3) is 0.480. The first-order valence-electron chi connectivity index (χ1n) is 11.2. The second-order valence-corrected chi connectivity index (χ2v) is 9.44. The zero-order valence-electron chi connectivity index (χ0n) is 19.3. The van der Waals surface area contributed by atoms with E-state index in [1.54, 1.807) is 29.5 Å². The van der Waals surface area contributed by atoms with E-state index in [4.69, 9.17) is 9.47 Å². The molecular formula is C25H33FN2O4S. The Bertz CT molecular complexity index is 902. The van der Waals surface area contributed by atoms with Crippen LogP contribution in [0.4, 0.5) is 4.39 Å². The lowest BCUT2D eigenvalue weighted by Gasteiger charge is -2.37. The van der Waals surface area contributed by atoms with E-state index in [9.17, 15) is 14.3 Å². The van der Waals surface area contributed by atoms with Crippen LogP contribution in [0, 0.1) is 5.82 Å². The summed E-state index contributed by atoms with van der Waals surface area (Å²) in [6.45, 7) is 9.69. The van der Waals surface area contributed by atoms with Crippen molar-refractivity contribution in [1.29, 1.82) is 0 Å². The third-order valence-corrected chi connectivity index (χ3v) is 6.47. The van der Waals surface area contributed by atoms with E-state index in [-0.39, 0.29) is 43.6 Å². The van der Waals surface area contributed by atoms with Crippen LogP contribution in [-0.2, 0) is 16.0 Å². The van der Waals surface area contributed by atoms with Crippen LogP contribution in [0.25, 0.3) is 0 Å². The second kappa shape index (κ2) is 12.3. The maximum Gasteiger partial charge on any atom is 0.237 e. The first-order valence-corrected chi connectivity index (χ1v) is 12.1. The highest BCUT2D eigenvalue weighted by Crippen LogP contribution is 2.34. The van der Waals surface area contributed by atoms with Crippen LogP contribution in [0.15, 0.2) is 48.4 Å². The third kappa shape index (κ3) is 7.37. The molecule has 1 aliphatic heterocycles. The molecule has 0 saturated heterocycles. The Morgan fingerprint density at radius 1 is 1.36 bits per heavy atom. The molecule has 33 heavy (non-hydrogen) atoms. The largest absolute Gasteiger partial charge is 0.491 e. The van der Waals surface area contributed by atoms with Gasteiger partial charge in [-0.25, -0.2) is 4.39 Å². The number of aliphatic hydroxyl groups excluding tert-OH is 1. The van der Waals surface area contributed by atoms with Crippen LogP contribution in [0.2, 0.25) is 0 Å². The summed E-state index contributed by atoms with van der Waals surface area (Å²) < 4.78 is 24.7. The van der Waals surface area contributed by atoms with Crippen molar-refractivity contribution in [3.05, 3.63) is 64.6 Å². The molecule has 2 atom stereocenters. The minimum atomic E-state index is -0.692. The summed E-state index contributed by atoms with van der Waals surface area (Å²) in [6.07, 6.45) is 1.87. The normalized spacial score (nSPS) is 16.7. The summed E-state index contributed by atoms with van der Waals surface area (Å²) in [4.78, 5) is 18.4. The van der Waals surface area contributed by atoms with Crippen molar-refractivity contribution in [2.24, 2.45) is 0 Å². The first-order chi connectivity index (χ1) is 15.9. The molecule has 1 aromatic heterocycles. The number of halogens is 1. The van der Waals surface area contributed by atoms with Gasteiger partial charge in [-0.15, -0.1) is 17.9 Å². The zero-order valence-corrected chi connectivity index (χ0v) is 20.1. The van der Waals surface area contributed by atoms with E-state index in [0.29, 0.717) is 25.4 Å². The van der Waals surface area contributed by atoms with E-state index in [0.717, 1.165) is 12.0 Å². The molecule has 1 aliphatic rings. The molecule has 0 saturated carbocycles. The smallest absolute Gasteiger partial charge is 0.237 e. The number of rotatable bonds is 12. The van der Waals surface area contributed by atoms with Gasteiger partial charge in [-0.1, -0.05) is 6.08 Å². The van der Waals surface area contributed by atoms with Gasteiger partial charge in [-0.2, -0.15) is 0 Å². The van der Waals surface area contributed by atoms with Crippen LogP contribution >= 0.6 is 11.3 Å². The van der Waals surface area contributed by atoms with Crippen LogP contribution < -0.4 is 4.74 Å². The lowest BCUT2D eigenvalue weighted by Crippen LogP contribution is -2.48. The van der Waals surface area contributed by atoms with E-state index in [1.807, 2.05) is 35.1 Å². The summed E-state index contributed by atoms with van der Waals surface area (Å²) in [7, 11) is 0. The highest BCUT2D eigenvalue weighted by atomic mass is 32.1. The average molecular weight is 477 g/mol. The highest BCUT2D eigenvalue weighted by molar-refractivity contribution is 7.10. The van der Waals surface area contributed by atoms with Crippen LogP contribution in [0.5, 0.6) is 5.75 Å². The summed E-state index contributed by atoms with van der Waals surface area (Å²) >= 11 is 1.69. The summed E-state index contributed by atoms with van der Waals surface area (Å²) in [5, 5.41) is 12.4. The van der Waals surface area contributed by atoms with Gasteiger partial charge in [0.15, 0.2) is 0 Å². The first kappa shape index (κ1) is 25.4. The molecule has 6 nitrogen and oxygen atoms in total. The maximum absolute atomic E-state index is 13.4. The number of hydrogen-bond donors (Lipinski definition) is 1. The molecule has 2 aromatic rings. The highest BCUT2D eigenvalue weighted by Gasteiger charge is 2.33. The van der Waals surface area contributed by atoms with E-state index in [2.05, 4.69) is 6.58 Å². The lowest BCUT2D eigenvalue weighted by molar-refractivity contribution is -0.136. The maximum atomic E-state index is 13.4. The number of hydrogen-bond acceptors (Lipinski definition) is 6. The fourth-order valence-corrected chi connectivity index (χ4v) is 4.83. The lowest BCUT2D eigenvalue weighted by atomic mass is 10.0. The van der Waals surface area contributed by atoms with Gasteiger partial charge < -0.3 is 19.5 Å². The molecule has 0 fully saturated rings. The van der Waals surface area contributed by atoms with E-state index < -0.39 is 6.10 Å². The average Bonchev–Trinajstić information content (AvgIpc) is 3.26. The fourth-order valence-electron chi connectivity index (χ4n) is 3.90. The molecule has 1 amide bonds. The number of aliphatic hydroxyl groups is 1. The third-order valence-electron chi connectivity index (χ3n) is 5.47. The molecule has 0 radical (unpaired) electrons. The summed E-state index contributed by atoms with van der Waals surface area (Å²) in [5.74, 6) is 0.214. The predicted octanol–water partition coefficient (Wildman–Crippen LogP) is 3.67. The van der Waals surface area contributed by atoms with Crippen molar-refractivity contribution in [2.75, 3.05) is 39.4 Å². The summed E-state index contributed by atoms with van der Waals surface area (Å²) in [6, 6.07) is 7.72. The number of carbonyl (C=O) groups excluding carboxylic acids is 1. The van der Waals surface area contributed by atoms with Crippen LogP contribution in [-0.4, -0.2) is 72.4 Å². The van der Waals surface area contributed by atoms with Gasteiger partial charge in [0.1, 0.15) is 18.2 Å². The van der Waals surface area contributed by atoms with Crippen molar-refractivity contribution in [1.82, 2.24) is 9.80 Å². The number of amides is 1. The molecule has 180 valence electrons. The predicted molar refractivity (Wildman–Crippen MR) is 128 cm³/mol. The molecule has 8 heteroatoms. The van der Waals surface area contributed by atoms with Crippen molar-refractivity contribution >= 4 is 17.2 Å². The molecule has 1 aromatic carbocycles. The van der Waals surface area contributed by atoms with Gasteiger partial charge in [0.05, 0.1) is 31.4 Å². The number of thiophene rings is 1. The molecule has 0 spiro atoms. The second-order valence-electron chi connectivity index (χ2n) is 8.44. The topological polar surface area (TPSA) is 62.2 Å². The van der Waals surface area contributed by atoms with Crippen LogP contribution in [0.3, 0.4) is 0 Å². The SMILES string of the molecule is C=CCN(CC(=O)N1CCc2sccc2[C@@H]1COc1ccc(F)cc1)C[C@H](O)COC(C)C. The minimum absolute atomic E-state index is 0.0293. The number of fused-ring (bicyclic) bond motifs is 1. The minimum Gasteiger partial charge on any atom is -0.491 e. The molecule has 0 aliphatic carbocycles. The Hall–Kier alpha value is -2.26. The van der Waals surface area contributed by atoms with Crippen molar-refractivity contribution in [3.63, 3.8) is 0 Å². The Morgan fingerprint density at radius 2 is 2.12 bits per heavy atom. The molecule has 0 unspecified atom stereocenters. The van der Waals surface area contributed by atoms with Gasteiger partial charge in [0.25, 0.3) is 0 Å². The number of carbonyl (C=O) groups is 1. The van der Waals surface area contributed by atoms with Gasteiger partial charge in [-0.05, 0) is 61.5 Å². The van der Waals surface area contributed by atoms with E-state index in [1.165, 1.54) is 17.0 Å². The standard InChI is InChI=1S/C25H33FN2O4S/c1-4-11-27(14-20(29)16-31-18(2)3)15-25(30)28-12-9-24-22(10-13-33-24)23(28)17-32-21-7-5-19(26)6-8-21/h4-8,10,13,18,20,23,29H,1,9,11-12,14-17H2,2-3H3/t20-,23-/m0/s1. The van der Waals surface area contributed by atoms with Gasteiger partial charge in [0, 0.05) is 24.5 Å². The molecule has 1 N–H and O–H groups in total. The van der Waals surface area contributed by atoms with E-state index >= 15 is 0 Å². The Balaban J connectivity index is 1.67. The molecule has 3 rings (SSSR count). The van der Waals surface area contributed by atoms with Gasteiger partial charge >= 0.3 is 0 Å². The Kier molecular flexibility index (Phi) is 9.43. The van der Waals surface area contributed by atoms with Crippen LogP contribution in [0.1, 0.15) is 30.3 Å². The molecule has 2 heterocycles. The molecular weight excluding hydrogens is 443 g/mol. The number of ether oxygens (including phenoxy) is 2. The zero-order chi connectivity index (χ0) is 23.8. The Labute approximate surface area is 199 Å². The van der Waals surface area contributed by atoms with Crippen molar-refractivity contribution in [3.8, 4) is 5.75 Å². The van der Waals surface area contributed by atoms with Gasteiger partial charge in [0.2, 0.25) is 5.91 Å². The van der Waals surface area contributed by atoms with Crippen molar-refractivity contribution < 1.29 is 23.8 Å². The number of nitrogens with zero attached hydrogens (tertiary/aromatic N) is 2. The van der Waals surface area contributed by atoms with Gasteiger partial charge in [-0.3, -0.25) is 9.69 Å². The quantitative estimate of drug-likeness (QED) is 0.474. The monoisotopic (exact) mass is 476 g/mol. The summed E-state index contributed by atoms with van der Waals surface area (Å²) in [5.41, 5.74) is 1.10.